The van der Waals surface area contributed by atoms with E-state index >= 15 is 0 Å². The third-order valence-corrected chi connectivity index (χ3v) is 6.07. The van der Waals surface area contributed by atoms with Crippen molar-refractivity contribution in [3.63, 3.8) is 0 Å². The number of amides is 1. The van der Waals surface area contributed by atoms with Gasteiger partial charge in [-0.25, -0.2) is 0 Å². The van der Waals surface area contributed by atoms with Crippen molar-refractivity contribution in [1.29, 1.82) is 0 Å². The predicted octanol–water partition coefficient (Wildman–Crippen LogP) is 5.18. The highest BCUT2D eigenvalue weighted by molar-refractivity contribution is 7.07. The van der Waals surface area contributed by atoms with Gasteiger partial charge in [0.25, 0.3) is 5.91 Å². The highest BCUT2D eigenvalue weighted by Gasteiger charge is 2.20. The molecule has 1 aliphatic heterocycles. The molecule has 2 heterocycles. The van der Waals surface area contributed by atoms with Gasteiger partial charge in [0.05, 0.1) is 0 Å². The molecule has 5 heteroatoms. The van der Waals surface area contributed by atoms with E-state index in [1.807, 2.05) is 54.6 Å². The molecular formula is C24H26N2O2S. The van der Waals surface area contributed by atoms with E-state index in [9.17, 15) is 4.79 Å². The number of ether oxygens (including phenoxy) is 1. The largest absolute Gasteiger partial charge is 0.457 e. The van der Waals surface area contributed by atoms with Crippen molar-refractivity contribution in [3.8, 4) is 11.5 Å². The van der Waals surface area contributed by atoms with Crippen LogP contribution >= 0.6 is 11.3 Å². The highest BCUT2D eigenvalue weighted by atomic mass is 32.1. The lowest BCUT2D eigenvalue weighted by atomic mass is 9.96. The molecule has 0 spiro atoms. The molecule has 1 fully saturated rings. The number of carbonyl (C=O) groups is 1. The second-order valence-corrected chi connectivity index (χ2v) is 8.28. The SMILES string of the molecule is O=C(NCC1CCN(Cc2ccsc2)CC1)c1ccc(Oc2ccccc2)cc1. The zero-order valence-electron chi connectivity index (χ0n) is 16.4. The maximum Gasteiger partial charge on any atom is 0.251 e. The Morgan fingerprint density at radius 3 is 2.41 bits per heavy atom. The van der Waals surface area contributed by atoms with Crippen LogP contribution in [0.5, 0.6) is 11.5 Å². The first-order valence-corrected chi connectivity index (χ1v) is 11.0. The molecule has 1 aromatic heterocycles. The van der Waals surface area contributed by atoms with Gasteiger partial charge in [0.1, 0.15) is 11.5 Å². The summed E-state index contributed by atoms with van der Waals surface area (Å²) in [5.41, 5.74) is 2.07. The van der Waals surface area contributed by atoms with Crippen LogP contribution in [0.1, 0.15) is 28.8 Å². The van der Waals surface area contributed by atoms with Gasteiger partial charge in [-0.2, -0.15) is 11.3 Å². The number of benzene rings is 2. The summed E-state index contributed by atoms with van der Waals surface area (Å²) in [6.07, 6.45) is 2.27. The molecule has 1 saturated heterocycles. The summed E-state index contributed by atoms with van der Waals surface area (Å²) in [7, 11) is 0. The summed E-state index contributed by atoms with van der Waals surface area (Å²) in [4.78, 5) is 15.0. The van der Waals surface area contributed by atoms with Gasteiger partial charge in [-0.3, -0.25) is 9.69 Å². The Kier molecular flexibility index (Phi) is 6.60. The van der Waals surface area contributed by atoms with Crippen LogP contribution in [0.2, 0.25) is 0 Å². The molecule has 4 rings (SSSR count). The number of para-hydroxylation sites is 1. The lowest BCUT2D eigenvalue weighted by Gasteiger charge is -2.31. The first-order chi connectivity index (χ1) is 14.3. The van der Waals surface area contributed by atoms with Gasteiger partial charge in [-0.05, 0) is 90.6 Å². The van der Waals surface area contributed by atoms with Crippen LogP contribution in [0.4, 0.5) is 0 Å². The van der Waals surface area contributed by atoms with E-state index in [1.165, 1.54) is 5.56 Å². The molecule has 3 aromatic rings. The number of hydrogen-bond acceptors (Lipinski definition) is 4. The average Bonchev–Trinajstić information content (AvgIpc) is 3.27. The number of likely N-dealkylation sites (tertiary alicyclic amines) is 1. The van der Waals surface area contributed by atoms with Crippen molar-refractivity contribution >= 4 is 17.2 Å². The topological polar surface area (TPSA) is 41.6 Å². The molecule has 0 atom stereocenters. The summed E-state index contributed by atoms with van der Waals surface area (Å²) < 4.78 is 5.78. The molecule has 0 bridgehead atoms. The van der Waals surface area contributed by atoms with Crippen molar-refractivity contribution in [3.05, 3.63) is 82.6 Å². The number of piperidine rings is 1. The van der Waals surface area contributed by atoms with Crippen LogP contribution in [-0.2, 0) is 6.54 Å². The molecule has 0 saturated carbocycles. The average molecular weight is 407 g/mol. The van der Waals surface area contributed by atoms with E-state index < -0.39 is 0 Å². The number of thiophene rings is 1. The maximum absolute atomic E-state index is 12.5. The van der Waals surface area contributed by atoms with E-state index in [4.69, 9.17) is 4.74 Å². The zero-order valence-corrected chi connectivity index (χ0v) is 17.2. The number of carbonyl (C=O) groups excluding carboxylic acids is 1. The minimum Gasteiger partial charge on any atom is -0.457 e. The summed E-state index contributed by atoms with van der Waals surface area (Å²) in [5.74, 6) is 2.05. The van der Waals surface area contributed by atoms with E-state index in [2.05, 4.69) is 27.0 Å². The van der Waals surface area contributed by atoms with Gasteiger partial charge in [0.15, 0.2) is 0 Å². The van der Waals surface area contributed by atoms with Crippen LogP contribution in [0.25, 0.3) is 0 Å². The Balaban J connectivity index is 1.21. The molecule has 0 aliphatic carbocycles. The third kappa shape index (κ3) is 5.68. The quantitative estimate of drug-likeness (QED) is 0.588. The Hall–Kier alpha value is -2.63. The molecule has 4 nitrogen and oxygen atoms in total. The van der Waals surface area contributed by atoms with Gasteiger partial charge >= 0.3 is 0 Å². The van der Waals surface area contributed by atoms with E-state index in [0.29, 0.717) is 11.5 Å². The standard InChI is InChI=1S/C24H26N2O2S/c27-24(21-6-8-23(9-7-21)28-22-4-2-1-3-5-22)25-16-19-10-13-26(14-11-19)17-20-12-15-29-18-20/h1-9,12,15,18-19H,10-11,13-14,16-17H2,(H,25,27). The number of rotatable bonds is 7. The van der Waals surface area contributed by atoms with Crippen LogP contribution < -0.4 is 10.1 Å². The zero-order chi connectivity index (χ0) is 19.9. The molecule has 0 radical (unpaired) electrons. The first kappa shape index (κ1) is 19.7. The Morgan fingerprint density at radius 1 is 1.00 bits per heavy atom. The Bertz CT molecular complexity index is 886. The summed E-state index contributed by atoms with van der Waals surface area (Å²) >= 11 is 1.76. The predicted molar refractivity (Wildman–Crippen MR) is 118 cm³/mol. The molecule has 1 aliphatic rings. The first-order valence-electron chi connectivity index (χ1n) is 10.1. The van der Waals surface area contributed by atoms with Crippen molar-refractivity contribution in [1.82, 2.24) is 10.2 Å². The lowest BCUT2D eigenvalue weighted by Crippen LogP contribution is -2.38. The van der Waals surface area contributed by atoms with Gasteiger partial charge in [0.2, 0.25) is 0 Å². The van der Waals surface area contributed by atoms with Crippen LogP contribution in [-0.4, -0.2) is 30.4 Å². The highest BCUT2D eigenvalue weighted by Crippen LogP contribution is 2.22. The molecule has 150 valence electrons. The second kappa shape index (κ2) is 9.72. The molecule has 1 N–H and O–H groups in total. The van der Waals surface area contributed by atoms with Crippen LogP contribution in [0, 0.1) is 5.92 Å². The van der Waals surface area contributed by atoms with Crippen molar-refractivity contribution in [2.45, 2.75) is 19.4 Å². The van der Waals surface area contributed by atoms with Crippen molar-refractivity contribution < 1.29 is 9.53 Å². The lowest BCUT2D eigenvalue weighted by molar-refractivity contribution is 0.0935. The normalized spacial score (nSPS) is 15.2. The van der Waals surface area contributed by atoms with Gasteiger partial charge in [0, 0.05) is 18.7 Å². The van der Waals surface area contributed by atoms with Crippen molar-refractivity contribution in [2.75, 3.05) is 19.6 Å². The summed E-state index contributed by atoms with van der Waals surface area (Å²) in [6, 6.07) is 19.1. The minimum atomic E-state index is -0.0167. The minimum absolute atomic E-state index is 0.0167. The smallest absolute Gasteiger partial charge is 0.251 e. The number of nitrogens with zero attached hydrogens (tertiary/aromatic N) is 1. The molecule has 1 amide bonds. The second-order valence-electron chi connectivity index (χ2n) is 7.50. The van der Waals surface area contributed by atoms with Gasteiger partial charge in [-0.1, -0.05) is 18.2 Å². The van der Waals surface area contributed by atoms with Crippen molar-refractivity contribution in [2.24, 2.45) is 5.92 Å². The monoisotopic (exact) mass is 406 g/mol. The van der Waals surface area contributed by atoms with Crippen LogP contribution in [0.3, 0.4) is 0 Å². The maximum atomic E-state index is 12.5. The third-order valence-electron chi connectivity index (χ3n) is 5.34. The van der Waals surface area contributed by atoms with Gasteiger partial charge < -0.3 is 10.1 Å². The fourth-order valence-corrected chi connectivity index (χ4v) is 4.29. The number of nitrogens with one attached hydrogen (secondary N) is 1. The molecule has 2 aromatic carbocycles. The molecule has 0 unspecified atom stereocenters. The fourth-order valence-electron chi connectivity index (χ4n) is 3.63. The fraction of sp³-hybridized carbons (Fsp3) is 0.292. The van der Waals surface area contributed by atoms with Crippen LogP contribution in [0.15, 0.2) is 71.4 Å². The molecular weight excluding hydrogens is 380 g/mol. The number of hydrogen-bond donors (Lipinski definition) is 1. The van der Waals surface area contributed by atoms with E-state index in [0.717, 1.165) is 50.5 Å². The molecule has 29 heavy (non-hydrogen) atoms. The van der Waals surface area contributed by atoms with E-state index in [1.54, 1.807) is 11.3 Å². The Morgan fingerprint density at radius 2 is 1.72 bits per heavy atom. The van der Waals surface area contributed by atoms with Gasteiger partial charge in [-0.15, -0.1) is 0 Å². The summed E-state index contributed by atoms with van der Waals surface area (Å²) in [5, 5.41) is 7.46. The Labute approximate surface area is 176 Å². The van der Waals surface area contributed by atoms with E-state index in [-0.39, 0.29) is 5.91 Å². The summed E-state index contributed by atoms with van der Waals surface area (Å²) in [6.45, 7) is 3.98.